The van der Waals surface area contributed by atoms with E-state index in [4.69, 9.17) is 11.5 Å². The van der Waals surface area contributed by atoms with Gasteiger partial charge in [0.25, 0.3) is 0 Å². The largest absolute Gasteiger partial charge is 0.382 e. The van der Waals surface area contributed by atoms with E-state index in [0.29, 0.717) is 10.9 Å². The highest BCUT2D eigenvalue weighted by Crippen LogP contribution is 2.32. The third-order valence-electron chi connectivity index (χ3n) is 1.71. The third kappa shape index (κ3) is 4.44. The molecule has 1 heterocycles. The van der Waals surface area contributed by atoms with Crippen molar-refractivity contribution in [2.75, 3.05) is 11.5 Å². The van der Waals surface area contributed by atoms with Gasteiger partial charge in [-0.2, -0.15) is 0 Å². The Kier molecular flexibility index (Phi) is 4.97. The molecule has 3 nitrogen and oxygen atoms in total. The summed E-state index contributed by atoms with van der Waals surface area (Å²) in [5, 5.41) is 0.511. The quantitative estimate of drug-likeness (QED) is 0.810. The van der Waals surface area contributed by atoms with Crippen LogP contribution in [0.1, 0.15) is 20.8 Å². The smallest absolute Gasteiger partial charge is 0.182 e. The van der Waals surface area contributed by atoms with E-state index in [1.54, 1.807) is 0 Å². The Morgan fingerprint density at radius 3 is 2.00 bits per heavy atom. The molecule has 2 aromatic rings. The normalized spacial score (nSPS) is 9.88. The molecule has 0 amide bonds. The first-order chi connectivity index (χ1) is 8.00. The molecule has 0 saturated heterocycles. The van der Waals surface area contributed by atoms with E-state index >= 15 is 0 Å². The number of nitrogens with zero attached hydrogens (tertiary/aromatic N) is 1. The Hall–Kier alpha value is -1.55. The van der Waals surface area contributed by atoms with Crippen molar-refractivity contribution in [3.63, 3.8) is 0 Å². The average molecular weight is 248 g/mol. The third-order valence-corrected chi connectivity index (χ3v) is 2.66. The van der Waals surface area contributed by atoms with Crippen LogP contribution < -0.4 is 11.5 Å². The van der Waals surface area contributed by atoms with Crippen LogP contribution in [0.4, 0.5) is 10.9 Å². The SMILES string of the molecule is C[C](C)C.Nc1nc(N)c(-c2ccccc2)s1. The number of hydrogen-bond acceptors (Lipinski definition) is 4. The van der Waals surface area contributed by atoms with Crippen LogP contribution in [-0.4, -0.2) is 4.98 Å². The van der Waals surface area contributed by atoms with Gasteiger partial charge < -0.3 is 11.5 Å². The zero-order valence-corrected chi connectivity index (χ0v) is 11.2. The summed E-state index contributed by atoms with van der Waals surface area (Å²) in [7, 11) is 0. The topological polar surface area (TPSA) is 64.9 Å². The molecule has 17 heavy (non-hydrogen) atoms. The lowest BCUT2D eigenvalue weighted by atomic mass is 10.2. The Labute approximate surface area is 106 Å². The van der Waals surface area contributed by atoms with E-state index in [1.165, 1.54) is 17.3 Å². The molecule has 0 fully saturated rings. The molecule has 1 aromatic heterocycles. The van der Waals surface area contributed by atoms with Gasteiger partial charge in [-0.1, -0.05) is 62.4 Å². The van der Waals surface area contributed by atoms with Crippen LogP contribution in [-0.2, 0) is 0 Å². The fourth-order valence-corrected chi connectivity index (χ4v) is 1.90. The number of nitrogen functional groups attached to an aromatic ring is 2. The number of anilines is 2. The van der Waals surface area contributed by atoms with Crippen molar-refractivity contribution in [3.05, 3.63) is 36.2 Å². The van der Waals surface area contributed by atoms with Gasteiger partial charge in [0.1, 0.15) is 5.82 Å². The molecule has 0 saturated carbocycles. The molecule has 0 unspecified atom stereocenters. The molecule has 0 bridgehead atoms. The molecular formula is C13H18N3S. The lowest BCUT2D eigenvalue weighted by Crippen LogP contribution is -1.88. The van der Waals surface area contributed by atoms with Crippen LogP contribution in [0.3, 0.4) is 0 Å². The van der Waals surface area contributed by atoms with Gasteiger partial charge in [0.15, 0.2) is 5.13 Å². The molecule has 91 valence electrons. The van der Waals surface area contributed by atoms with Crippen molar-refractivity contribution in [3.8, 4) is 10.4 Å². The van der Waals surface area contributed by atoms with E-state index in [0.717, 1.165) is 10.4 Å². The molecular weight excluding hydrogens is 230 g/mol. The summed E-state index contributed by atoms with van der Waals surface area (Å²) in [6.07, 6.45) is 0. The molecule has 0 aliphatic heterocycles. The molecule has 0 spiro atoms. The van der Waals surface area contributed by atoms with Crippen molar-refractivity contribution in [2.24, 2.45) is 0 Å². The lowest BCUT2D eigenvalue weighted by Gasteiger charge is -1.95. The number of rotatable bonds is 1. The lowest BCUT2D eigenvalue weighted by molar-refractivity contribution is 1.10. The van der Waals surface area contributed by atoms with Crippen molar-refractivity contribution >= 4 is 22.3 Å². The zero-order chi connectivity index (χ0) is 12.8. The average Bonchev–Trinajstić information content (AvgIpc) is 2.58. The first kappa shape index (κ1) is 13.5. The second-order valence-electron chi connectivity index (χ2n) is 4.13. The maximum Gasteiger partial charge on any atom is 0.182 e. The van der Waals surface area contributed by atoms with Gasteiger partial charge in [-0.25, -0.2) is 4.98 Å². The summed E-state index contributed by atoms with van der Waals surface area (Å²) in [6.45, 7) is 6.25. The summed E-state index contributed by atoms with van der Waals surface area (Å²) >= 11 is 1.41. The molecule has 0 atom stereocenters. The number of benzene rings is 1. The Balaban J connectivity index is 0.000000317. The minimum absolute atomic E-state index is 0.508. The van der Waals surface area contributed by atoms with Crippen molar-refractivity contribution < 1.29 is 0 Å². The summed E-state index contributed by atoms with van der Waals surface area (Å²) in [5.41, 5.74) is 12.3. The Bertz CT molecular complexity index is 446. The number of aromatic nitrogens is 1. The summed E-state index contributed by atoms with van der Waals surface area (Å²) in [5.74, 6) is 1.92. The summed E-state index contributed by atoms with van der Waals surface area (Å²) in [4.78, 5) is 4.90. The van der Waals surface area contributed by atoms with Gasteiger partial charge in [-0.05, 0) is 11.5 Å². The monoisotopic (exact) mass is 248 g/mol. The predicted octanol–water partition coefficient (Wildman–Crippen LogP) is 3.60. The van der Waals surface area contributed by atoms with Crippen LogP contribution >= 0.6 is 11.3 Å². The number of nitrogens with two attached hydrogens (primary N) is 2. The maximum atomic E-state index is 5.69. The number of hydrogen-bond donors (Lipinski definition) is 2. The van der Waals surface area contributed by atoms with Crippen LogP contribution in [0.2, 0.25) is 0 Å². The van der Waals surface area contributed by atoms with Crippen LogP contribution in [0.15, 0.2) is 30.3 Å². The van der Waals surface area contributed by atoms with E-state index in [9.17, 15) is 0 Å². The maximum absolute atomic E-state index is 5.69. The van der Waals surface area contributed by atoms with E-state index < -0.39 is 0 Å². The molecule has 0 aliphatic rings. The first-order valence-electron chi connectivity index (χ1n) is 5.34. The summed E-state index contributed by atoms with van der Waals surface area (Å²) < 4.78 is 0. The van der Waals surface area contributed by atoms with Crippen molar-refractivity contribution in [1.29, 1.82) is 0 Å². The molecule has 0 aliphatic carbocycles. The highest BCUT2D eigenvalue weighted by Gasteiger charge is 2.07. The van der Waals surface area contributed by atoms with Crippen LogP contribution in [0.5, 0.6) is 0 Å². The Morgan fingerprint density at radius 1 is 1.06 bits per heavy atom. The van der Waals surface area contributed by atoms with Crippen molar-refractivity contribution in [1.82, 2.24) is 4.98 Å². The summed E-state index contributed by atoms with van der Waals surface area (Å²) in [6, 6.07) is 9.87. The highest BCUT2D eigenvalue weighted by atomic mass is 32.1. The molecule has 4 heteroatoms. The standard InChI is InChI=1S/C9H9N3S.C4H9/c10-8-7(13-9(11)12-8)6-4-2-1-3-5-6;1-4(2)3/h1-5H,10H2,(H2,11,12);1-3H3. The number of thiazole rings is 1. The van der Waals surface area contributed by atoms with Gasteiger partial charge >= 0.3 is 0 Å². The minimum Gasteiger partial charge on any atom is -0.382 e. The first-order valence-corrected chi connectivity index (χ1v) is 6.16. The molecule has 1 aromatic carbocycles. The molecule has 2 rings (SSSR count). The highest BCUT2D eigenvalue weighted by molar-refractivity contribution is 7.19. The van der Waals surface area contributed by atoms with Gasteiger partial charge in [-0.15, -0.1) is 0 Å². The van der Waals surface area contributed by atoms with Crippen molar-refractivity contribution in [2.45, 2.75) is 20.8 Å². The van der Waals surface area contributed by atoms with E-state index in [1.807, 2.05) is 30.3 Å². The molecule has 4 N–H and O–H groups in total. The van der Waals surface area contributed by atoms with Crippen LogP contribution in [0, 0.1) is 5.92 Å². The van der Waals surface area contributed by atoms with Crippen LogP contribution in [0.25, 0.3) is 10.4 Å². The van der Waals surface area contributed by atoms with E-state index in [-0.39, 0.29) is 0 Å². The fraction of sp³-hybridized carbons (Fsp3) is 0.231. The van der Waals surface area contributed by atoms with E-state index in [2.05, 4.69) is 25.8 Å². The van der Waals surface area contributed by atoms with Gasteiger partial charge in [0, 0.05) is 0 Å². The van der Waals surface area contributed by atoms with Gasteiger partial charge in [-0.3, -0.25) is 0 Å². The Morgan fingerprint density at radius 2 is 1.59 bits per heavy atom. The van der Waals surface area contributed by atoms with Gasteiger partial charge in [0.2, 0.25) is 0 Å². The predicted molar refractivity (Wildman–Crippen MR) is 76.6 cm³/mol. The molecule has 1 radical (unpaired) electrons. The second-order valence-corrected chi connectivity index (χ2v) is 5.16. The van der Waals surface area contributed by atoms with Gasteiger partial charge in [0.05, 0.1) is 4.88 Å². The fourth-order valence-electron chi connectivity index (χ4n) is 1.15. The minimum atomic E-state index is 0.508. The zero-order valence-electron chi connectivity index (χ0n) is 10.4. The second kappa shape index (κ2) is 6.25.